The molecule has 1 aromatic heterocycles. The fraction of sp³-hybridized carbons (Fsp3) is 0.368. The molecule has 10 nitrogen and oxygen atoms in total. The van der Waals surface area contributed by atoms with Gasteiger partial charge in [-0.1, -0.05) is 0 Å². The number of rotatable bonds is 5. The summed E-state index contributed by atoms with van der Waals surface area (Å²) >= 11 is 5.01. The number of benzene rings is 1. The summed E-state index contributed by atoms with van der Waals surface area (Å²) in [6.07, 6.45) is 0.166. The third kappa shape index (κ3) is 3.41. The summed E-state index contributed by atoms with van der Waals surface area (Å²) in [6.45, 7) is 1.36. The zero-order valence-electron chi connectivity index (χ0n) is 17.2. The van der Waals surface area contributed by atoms with E-state index in [9.17, 15) is 14.7 Å². The number of carbonyl (C=O) groups excluding carboxylic acids is 1. The van der Waals surface area contributed by atoms with E-state index in [1.54, 1.807) is 12.1 Å². The van der Waals surface area contributed by atoms with Gasteiger partial charge in [-0.2, -0.15) is 5.10 Å². The lowest BCUT2D eigenvalue weighted by molar-refractivity contribution is -0.130. The summed E-state index contributed by atoms with van der Waals surface area (Å²) in [7, 11) is 5.99. The average Bonchev–Trinajstić information content (AvgIpc) is 3.15. The Kier molecular flexibility index (Phi) is 5.83. The molecule has 2 N–H and O–H groups in total. The number of aromatic hydroxyl groups is 1. The zero-order valence-corrected chi connectivity index (χ0v) is 18.0. The molecule has 2 aromatic rings. The van der Waals surface area contributed by atoms with Gasteiger partial charge in [-0.25, -0.2) is 5.01 Å². The van der Waals surface area contributed by atoms with Crippen molar-refractivity contribution < 1.29 is 24.1 Å². The first-order valence-electron chi connectivity index (χ1n) is 8.93. The Morgan fingerprint density at radius 1 is 1.23 bits per heavy atom. The molecule has 1 aromatic carbocycles. The number of aromatic amines is 1. The highest BCUT2D eigenvalue weighted by Gasteiger charge is 2.36. The van der Waals surface area contributed by atoms with Crippen LogP contribution in [-0.4, -0.2) is 52.6 Å². The number of hydrogen-bond donors (Lipinski definition) is 2. The minimum atomic E-state index is -0.585. The first-order valence-corrected chi connectivity index (χ1v) is 9.34. The van der Waals surface area contributed by atoms with Crippen LogP contribution < -0.4 is 19.8 Å². The van der Waals surface area contributed by atoms with Crippen LogP contribution in [0, 0.1) is 4.77 Å². The summed E-state index contributed by atoms with van der Waals surface area (Å²) in [5, 5.41) is 16.1. The second-order valence-electron chi connectivity index (χ2n) is 6.57. The van der Waals surface area contributed by atoms with Crippen molar-refractivity contribution in [3.05, 3.63) is 38.4 Å². The fourth-order valence-electron chi connectivity index (χ4n) is 3.45. The maximum atomic E-state index is 12.5. The molecule has 2 heterocycles. The number of nitrogens with zero attached hydrogens (tertiary/aromatic N) is 3. The predicted octanol–water partition coefficient (Wildman–Crippen LogP) is 1.87. The summed E-state index contributed by atoms with van der Waals surface area (Å²) in [5.74, 6) is 0.554. The van der Waals surface area contributed by atoms with Gasteiger partial charge in [0.25, 0.3) is 5.56 Å². The molecule has 0 saturated carbocycles. The third-order valence-electron chi connectivity index (χ3n) is 4.91. The molecule has 0 bridgehead atoms. The van der Waals surface area contributed by atoms with Gasteiger partial charge in [-0.05, 0) is 24.4 Å². The van der Waals surface area contributed by atoms with Gasteiger partial charge in [0.2, 0.25) is 17.5 Å². The van der Waals surface area contributed by atoms with Crippen LogP contribution in [0.15, 0.2) is 22.0 Å². The van der Waals surface area contributed by atoms with Crippen molar-refractivity contribution in [3.8, 4) is 23.1 Å². The van der Waals surface area contributed by atoms with E-state index in [0.29, 0.717) is 22.8 Å². The molecule has 0 radical (unpaired) electrons. The van der Waals surface area contributed by atoms with Gasteiger partial charge in [-0.15, -0.1) is 0 Å². The number of hydrazone groups is 1. The normalized spacial score (nSPS) is 15.7. The van der Waals surface area contributed by atoms with Gasteiger partial charge in [0.1, 0.15) is 5.56 Å². The number of methoxy groups -OCH3 is 3. The van der Waals surface area contributed by atoms with Gasteiger partial charge in [0.15, 0.2) is 16.3 Å². The second-order valence-corrected chi connectivity index (χ2v) is 6.96. The third-order valence-corrected chi connectivity index (χ3v) is 5.28. The molecule has 1 aliphatic heterocycles. The molecule has 0 spiro atoms. The van der Waals surface area contributed by atoms with Crippen LogP contribution in [0.5, 0.6) is 23.1 Å². The van der Waals surface area contributed by atoms with Gasteiger partial charge >= 0.3 is 0 Å². The van der Waals surface area contributed by atoms with Gasteiger partial charge in [-0.3, -0.25) is 19.1 Å². The first kappa shape index (κ1) is 21.4. The molecule has 11 heteroatoms. The van der Waals surface area contributed by atoms with Gasteiger partial charge < -0.3 is 19.3 Å². The SMILES string of the molecule is COc1ccc([C@@H]2CC(c3c(O)n(C)c(=S)[nH]c3=O)=NN2C(C)=O)c(OC)c1OC. The maximum absolute atomic E-state index is 12.5. The molecule has 0 aliphatic carbocycles. The highest BCUT2D eigenvalue weighted by molar-refractivity contribution is 7.71. The molecule has 1 aliphatic rings. The number of carbonyl (C=O) groups is 1. The van der Waals surface area contributed by atoms with E-state index >= 15 is 0 Å². The molecule has 0 unspecified atom stereocenters. The summed E-state index contributed by atoms with van der Waals surface area (Å²) in [5.41, 5.74) is 0.234. The predicted molar refractivity (Wildman–Crippen MR) is 111 cm³/mol. The van der Waals surface area contributed by atoms with Crippen LogP contribution in [0.2, 0.25) is 0 Å². The smallest absolute Gasteiger partial charge is 0.264 e. The lowest BCUT2D eigenvalue weighted by atomic mass is 9.97. The van der Waals surface area contributed by atoms with Crippen molar-refractivity contribution in [2.24, 2.45) is 12.1 Å². The molecule has 1 atom stereocenters. The monoisotopic (exact) mass is 434 g/mol. The Morgan fingerprint density at radius 3 is 2.47 bits per heavy atom. The van der Waals surface area contributed by atoms with E-state index in [0.717, 1.165) is 0 Å². The molecular formula is C19H22N4O6S. The van der Waals surface area contributed by atoms with E-state index in [2.05, 4.69) is 10.1 Å². The van der Waals surface area contributed by atoms with Crippen molar-refractivity contribution >= 4 is 23.8 Å². The lowest BCUT2D eigenvalue weighted by Gasteiger charge is -2.24. The van der Waals surface area contributed by atoms with Crippen molar-refractivity contribution in [2.75, 3.05) is 21.3 Å². The summed E-state index contributed by atoms with van der Waals surface area (Å²) < 4.78 is 17.6. The molecule has 30 heavy (non-hydrogen) atoms. The van der Waals surface area contributed by atoms with Crippen LogP contribution in [0.4, 0.5) is 0 Å². The Bertz CT molecular complexity index is 1150. The Hall–Kier alpha value is -3.34. The van der Waals surface area contributed by atoms with Crippen LogP contribution in [0.25, 0.3) is 0 Å². The summed E-state index contributed by atoms with van der Waals surface area (Å²) in [6, 6.07) is 2.86. The van der Waals surface area contributed by atoms with E-state index in [1.807, 2.05) is 0 Å². The first-order chi connectivity index (χ1) is 14.2. The van der Waals surface area contributed by atoms with Crippen LogP contribution in [0.1, 0.15) is 30.5 Å². The number of aromatic nitrogens is 2. The van der Waals surface area contributed by atoms with Crippen LogP contribution >= 0.6 is 12.2 Å². The largest absolute Gasteiger partial charge is 0.494 e. The molecule has 0 fully saturated rings. The molecule has 160 valence electrons. The number of hydrogen-bond acceptors (Lipinski definition) is 8. The Morgan fingerprint density at radius 2 is 1.90 bits per heavy atom. The quantitative estimate of drug-likeness (QED) is 0.690. The van der Waals surface area contributed by atoms with Crippen molar-refractivity contribution in [1.29, 1.82) is 0 Å². The minimum absolute atomic E-state index is 0.0423. The highest BCUT2D eigenvalue weighted by Crippen LogP contribution is 2.46. The fourth-order valence-corrected chi connectivity index (χ4v) is 3.63. The van der Waals surface area contributed by atoms with E-state index in [1.165, 1.54) is 44.9 Å². The number of nitrogens with one attached hydrogen (secondary N) is 1. The lowest BCUT2D eigenvalue weighted by Crippen LogP contribution is -2.24. The number of amides is 1. The van der Waals surface area contributed by atoms with Crippen LogP contribution in [-0.2, 0) is 11.8 Å². The summed E-state index contributed by atoms with van der Waals surface area (Å²) in [4.78, 5) is 27.3. The van der Waals surface area contributed by atoms with Crippen molar-refractivity contribution in [2.45, 2.75) is 19.4 Å². The number of ether oxygens (including phenoxy) is 3. The minimum Gasteiger partial charge on any atom is -0.494 e. The highest BCUT2D eigenvalue weighted by atomic mass is 32.1. The molecule has 3 rings (SSSR count). The molecule has 0 saturated heterocycles. The second kappa shape index (κ2) is 8.19. The van der Waals surface area contributed by atoms with Gasteiger partial charge in [0.05, 0.1) is 33.1 Å². The van der Waals surface area contributed by atoms with Crippen LogP contribution in [0.3, 0.4) is 0 Å². The zero-order chi connectivity index (χ0) is 22.2. The van der Waals surface area contributed by atoms with E-state index < -0.39 is 11.6 Å². The van der Waals surface area contributed by atoms with Crippen molar-refractivity contribution in [1.82, 2.24) is 14.6 Å². The maximum Gasteiger partial charge on any atom is 0.264 e. The Labute approximate surface area is 177 Å². The standard InChI is InChI=1S/C19H22N4O6S/c1-9(24)23-12(10-6-7-13(27-3)16(29-5)15(10)28-4)8-11(21-23)14-17(25)20-19(30)22(2)18(14)26/h6-7,12,26H,8H2,1-5H3,(H,20,25,30)/t12-/m0/s1. The molecule has 1 amide bonds. The number of H-pyrrole nitrogens is 1. The Balaban J connectivity index is 2.15. The van der Waals surface area contributed by atoms with Crippen molar-refractivity contribution in [3.63, 3.8) is 0 Å². The van der Waals surface area contributed by atoms with Gasteiger partial charge in [0, 0.05) is 26.0 Å². The van der Waals surface area contributed by atoms with E-state index in [4.69, 9.17) is 26.4 Å². The topological polar surface area (TPSA) is 118 Å². The molecular weight excluding hydrogens is 412 g/mol. The average molecular weight is 434 g/mol. The van der Waals surface area contributed by atoms with E-state index in [-0.39, 0.29) is 34.3 Å².